The number of benzene rings is 2. The highest BCUT2D eigenvalue weighted by Gasteiger charge is 2.44. The Balaban J connectivity index is 1.50. The van der Waals surface area contributed by atoms with Crippen LogP contribution >= 0.6 is 0 Å². The van der Waals surface area contributed by atoms with Crippen molar-refractivity contribution in [2.24, 2.45) is 0 Å². The Labute approximate surface area is 158 Å². The van der Waals surface area contributed by atoms with Crippen LogP contribution in [0.5, 0.6) is 0 Å². The number of ether oxygens (including phenoxy) is 1. The molecule has 0 heterocycles. The molecule has 0 radical (unpaired) electrons. The SMILES string of the molecule is O=C(COC(=O)C1(c2ccccc2)CCCC1)NCCc1ccccc1F. The Kier molecular flexibility index (Phi) is 6.22. The van der Waals surface area contributed by atoms with Gasteiger partial charge in [-0.05, 0) is 36.5 Å². The number of hydrogen-bond donors (Lipinski definition) is 1. The van der Waals surface area contributed by atoms with Crippen molar-refractivity contribution in [3.8, 4) is 0 Å². The van der Waals surface area contributed by atoms with Crippen LogP contribution in [0.1, 0.15) is 36.8 Å². The topological polar surface area (TPSA) is 55.4 Å². The first-order chi connectivity index (χ1) is 13.1. The highest BCUT2D eigenvalue weighted by molar-refractivity contribution is 5.86. The van der Waals surface area contributed by atoms with E-state index in [9.17, 15) is 14.0 Å². The van der Waals surface area contributed by atoms with E-state index in [1.165, 1.54) is 6.07 Å². The van der Waals surface area contributed by atoms with Crippen LogP contribution in [0.2, 0.25) is 0 Å². The third-order valence-electron chi connectivity index (χ3n) is 5.18. The van der Waals surface area contributed by atoms with Gasteiger partial charge in [0, 0.05) is 6.54 Å². The average molecular weight is 369 g/mol. The fourth-order valence-corrected chi connectivity index (χ4v) is 3.70. The van der Waals surface area contributed by atoms with Crippen molar-refractivity contribution in [1.82, 2.24) is 5.32 Å². The summed E-state index contributed by atoms with van der Waals surface area (Å²) in [5.41, 5.74) is 0.852. The Hall–Kier alpha value is -2.69. The predicted octanol–water partition coefficient (Wildman–Crippen LogP) is 3.54. The summed E-state index contributed by atoms with van der Waals surface area (Å²) < 4.78 is 18.9. The Morgan fingerprint density at radius 1 is 1.00 bits per heavy atom. The summed E-state index contributed by atoms with van der Waals surface area (Å²) in [6.45, 7) is -0.0220. The molecule has 1 aliphatic carbocycles. The lowest BCUT2D eigenvalue weighted by atomic mass is 9.79. The molecule has 2 aromatic carbocycles. The molecule has 0 aromatic heterocycles. The third kappa shape index (κ3) is 4.54. The number of halogens is 1. The van der Waals surface area contributed by atoms with Crippen LogP contribution < -0.4 is 5.32 Å². The molecule has 4 nitrogen and oxygen atoms in total. The van der Waals surface area contributed by atoms with Crippen LogP contribution in [0.4, 0.5) is 4.39 Å². The van der Waals surface area contributed by atoms with Crippen molar-refractivity contribution in [2.45, 2.75) is 37.5 Å². The number of rotatable bonds is 7. The largest absolute Gasteiger partial charge is 0.455 e. The lowest BCUT2D eigenvalue weighted by Gasteiger charge is -2.27. The van der Waals surface area contributed by atoms with Crippen LogP contribution in [0, 0.1) is 5.82 Å². The zero-order chi connectivity index (χ0) is 19.1. The van der Waals surface area contributed by atoms with E-state index in [1.807, 2.05) is 30.3 Å². The number of amides is 1. The molecule has 1 fully saturated rings. The minimum Gasteiger partial charge on any atom is -0.455 e. The van der Waals surface area contributed by atoms with Gasteiger partial charge in [0.1, 0.15) is 5.82 Å². The summed E-state index contributed by atoms with van der Waals surface area (Å²) in [7, 11) is 0. The molecule has 1 amide bonds. The molecule has 5 heteroatoms. The van der Waals surface area contributed by atoms with E-state index in [4.69, 9.17) is 4.74 Å². The van der Waals surface area contributed by atoms with E-state index >= 15 is 0 Å². The van der Waals surface area contributed by atoms with Crippen molar-refractivity contribution in [3.05, 3.63) is 71.5 Å². The van der Waals surface area contributed by atoms with E-state index in [1.54, 1.807) is 18.2 Å². The predicted molar refractivity (Wildman–Crippen MR) is 101 cm³/mol. The van der Waals surface area contributed by atoms with Gasteiger partial charge in [-0.2, -0.15) is 0 Å². The maximum Gasteiger partial charge on any atom is 0.317 e. The minimum atomic E-state index is -0.644. The number of hydrogen-bond acceptors (Lipinski definition) is 3. The number of carbonyl (C=O) groups excluding carboxylic acids is 2. The Morgan fingerprint density at radius 2 is 1.67 bits per heavy atom. The van der Waals surface area contributed by atoms with Gasteiger partial charge in [0.25, 0.3) is 5.91 Å². The number of nitrogens with one attached hydrogen (secondary N) is 1. The summed E-state index contributed by atoms with van der Waals surface area (Å²) in [4.78, 5) is 24.8. The van der Waals surface area contributed by atoms with Gasteiger partial charge in [-0.25, -0.2) is 4.39 Å². The lowest BCUT2D eigenvalue weighted by molar-refractivity contribution is -0.154. The van der Waals surface area contributed by atoms with Crippen LogP contribution in [-0.4, -0.2) is 25.0 Å². The molecule has 0 unspecified atom stereocenters. The summed E-state index contributed by atoms with van der Waals surface area (Å²) in [6, 6.07) is 16.1. The highest BCUT2D eigenvalue weighted by Crippen LogP contribution is 2.42. The second kappa shape index (κ2) is 8.80. The van der Waals surface area contributed by atoms with Gasteiger partial charge in [0.15, 0.2) is 6.61 Å². The molecule has 3 rings (SSSR count). The van der Waals surface area contributed by atoms with E-state index in [0.717, 1.165) is 31.2 Å². The second-order valence-electron chi connectivity index (χ2n) is 6.92. The van der Waals surface area contributed by atoms with Crippen molar-refractivity contribution in [3.63, 3.8) is 0 Å². The van der Waals surface area contributed by atoms with Gasteiger partial charge in [0.2, 0.25) is 0 Å². The molecule has 1 aliphatic rings. The van der Waals surface area contributed by atoms with Gasteiger partial charge in [0.05, 0.1) is 5.41 Å². The van der Waals surface area contributed by atoms with Crippen LogP contribution in [-0.2, 0) is 26.2 Å². The van der Waals surface area contributed by atoms with E-state index in [0.29, 0.717) is 18.5 Å². The molecular weight excluding hydrogens is 345 g/mol. The Morgan fingerprint density at radius 3 is 2.37 bits per heavy atom. The fraction of sp³-hybridized carbons (Fsp3) is 0.364. The molecule has 27 heavy (non-hydrogen) atoms. The molecular formula is C22H24FNO3. The van der Waals surface area contributed by atoms with Gasteiger partial charge in [-0.1, -0.05) is 61.4 Å². The number of esters is 1. The third-order valence-corrected chi connectivity index (χ3v) is 5.18. The van der Waals surface area contributed by atoms with E-state index < -0.39 is 5.41 Å². The van der Waals surface area contributed by atoms with E-state index in [-0.39, 0.29) is 24.3 Å². The molecule has 142 valence electrons. The Bertz CT molecular complexity index is 785. The molecule has 0 atom stereocenters. The van der Waals surface area contributed by atoms with Crippen LogP contribution in [0.15, 0.2) is 54.6 Å². The van der Waals surface area contributed by atoms with Crippen LogP contribution in [0.25, 0.3) is 0 Å². The van der Waals surface area contributed by atoms with Crippen molar-refractivity contribution < 1.29 is 18.7 Å². The molecule has 0 spiro atoms. The second-order valence-corrected chi connectivity index (χ2v) is 6.92. The molecule has 2 aromatic rings. The van der Waals surface area contributed by atoms with Crippen molar-refractivity contribution >= 4 is 11.9 Å². The average Bonchev–Trinajstić information content (AvgIpc) is 3.19. The maximum absolute atomic E-state index is 13.6. The summed E-state index contributed by atoms with van der Waals surface area (Å²) in [6.07, 6.45) is 3.81. The quantitative estimate of drug-likeness (QED) is 0.760. The van der Waals surface area contributed by atoms with Crippen molar-refractivity contribution in [1.29, 1.82) is 0 Å². The summed E-state index contributed by atoms with van der Waals surface area (Å²) in [5.74, 6) is -0.999. The zero-order valence-corrected chi connectivity index (χ0v) is 15.2. The first-order valence-corrected chi connectivity index (χ1v) is 9.35. The number of carbonyl (C=O) groups is 2. The van der Waals surface area contributed by atoms with Gasteiger partial charge >= 0.3 is 5.97 Å². The molecule has 1 N–H and O–H groups in total. The van der Waals surface area contributed by atoms with Gasteiger partial charge < -0.3 is 10.1 Å². The molecule has 0 bridgehead atoms. The lowest BCUT2D eigenvalue weighted by Crippen LogP contribution is -2.38. The zero-order valence-electron chi connectivity index (χ0n) is 15.2. The van der Waals surface area contributed by atoms with E-state index in [2.05, 4.69) is 5.32 Å². The van der Waals surface area contributed by atoms with Crippen LogP contribution in [0.3, 0.4) is 0 Å². The summed E-state index contributed by atoms with van der Waals surface area (Å²) >= 11 is 0. The molecule has 0 saturated heterocycles. The summed E-state index contributed by atoms with van der Waals surface area (Å²) in [5, 5.41) is 2.67. The minimum absolute atomic E-state index is 0.288. The molecule has 0 aliphatic heterocycles. The smallest absolute Gasteiger partial charge is 0.317 e. The fourth-order valence-electron chi connectivity index (χ4n) is 3.70. The van der Waals surface area contributed by atoms with Gasteiger partial charge in [-0.15, -0.1) is 0 Å². The maximum atomic E-state index is 13.6. The first-order valence-electron chi connectivity index (χ1n) is 9.35. The normalized spacial score (nSPS) is 15.3. The first kappa shape index (κ1) is 19.1. The van der Waals surface area contributed by atoms with Crippen molar-refractivity contribution in [2.75, 3.05) is 13.2 Å². The monoisotopic (exact) mass is 369 g/mol. The van der Waals surface area contributed by atoms with Gasteiger partial charge in [-0.3, -0.25) is 9.59 Å². The standard InChI is InChI=1S/C22H24FNO3/c23-19-11-5-4-8-17(19)12-15-24-20(25)16-27-21(26)22(13-6-7-14-22)18-9-2-1-3-10-18/h1-5,8-11H,6-7,12-16H2,(H,24,25). The molecule has 1 saturated carbocycles. The highest BCUT2D eigenvalue weighted by atomic mass is 19.1.